The number of nitrogens with one attached hydrogen (secondary N) is 1. The highest BCUT2D eigenvalue weighted by atomic mass is 16.2. The fourth-order valence-corrected chi connectivity index (χ4v) is 2.12. The van der Waals surface area contributed by atoms with E-state index in [-0.39, 0.29) is 6.03 Å². The second-order valence-electron chi connectivity index (χ2n) is 4.45. The van der Waals surface area contributed by atoms with Gasteiger partial charge in [0.25, 0.3) is 0 Å². The molecule has 0 aromatic carbocycles. The minimum Gasteiger partial charge on any atom is -0.338 e. The molecular formula is C12H20N4O. The summed E-state index contributed by atoms with van der Waals surface area (Å²) in [5.41, 5.74) is 0. The van der Waals surface area contributed by atoms with E-state index in [0.29, 0.717) is 0 Å². The Balaban J connectivity index is 1.63. The van der Waals surface area contributed by atoms with E-state index >= 15 is 0 Å². The van der Waals surface area contributed by atoms with Gasteiger partial charge >= 0.3 is 6.03 Å². The van der Waals surface area contributed by atoms with Crippen LogP contribution in [0.5, 0.6) is 0 Å². The van der Waals surface area contributed by atoms with Gasteiger partial charge in [-0.15, -0.1) is 0 Å². The summed E-state index contributed by atoms with van der Waals surface area (Å²) in [6.07, 6.45) is 7.00. The van der Waals surface area contributed by atoms with Gasteiger partial charge in [-0.25, -0.2) is 9.78 Å². The largest absolute Gasteiger partial charge is 0.338 e. The first-order valence-electron chi connectivity index (χ1n) is 6.28. The van der Waals surface area contributed by atoms with Gasteiger partial charge in [0.2, 0.25) is 0 Å². The lowest BCUT2D eigenvalue weighted by Crippen LogP contribution is -2.38. The number of likely N-dealkylation sites (tertiary alicyclic amines) is 1. The zero-order chi connectivity index (χ0) is 12.1. The molecule has 1 aromatic heterocycles. The van der Waals surface area contributed by atoms with E-state index in [1.807, 2.05) is 18.0 Å². The van der Waals surface area contributed by atoms with Crippen molar-refractivity contribution < 1.29 is 4.79 Å². The Kier molecular flexibility index (Phi) is 4.01. The van der Waals surface area contributed by atoms with Crippen LogP contribution in [0.1, 0.15) is 25.1 Å². The molecule has 5 nitrogen and oxygen atoms in total. The maximum atomic E-state index is 11.7. The Bertz CT molecular complexity index is 368. The maximum absolute atomic E-state index is 11.7. The van der Waals surface area contributed by atoms with Gasteiger partial charge in [-0.1, -0.05) is 0 Å². The minimum atomic E-state index is 0.0878. The SMILES string of the molecule is Cc1nccn1CCCNC(=O)N1CCCC1. The van der Waals surface area contributed by atoms with E-state index in [2.05, 4.69) is 14.9 Å². The molecule has 2 heterocycles. The first-order valence-corrected chi connectivity index (χ1v) is 6.28. The molecule has 1 saturated heterocycles. The average molecular weight is 236 g/mol. The summed E-state index contributed by atoms with van der Waals surface area (Å²) >= 11 is 0. The summed E-state index contributed by atoms with van der Waals surface area (Å²) in [4.78, 5) is 17.7. The minimum absolute atomic E-state index is 0.0878. The predicted molar refractivity (Wildman–Crippen MR) is 65.8 cm³/mol. The average Bonchev–Trinajstić information content (AvgIpc) is 2.96. The smallest absolute Gasteiger partial charge is 0.317 e. The molecule has 0 bridgehead atoms. The van der Waals surface area contributed by atoms with E-state index in [0.717, 1.165) is 51.3 Å². The van der Waals surface area contributed by atoms with Crippen LogP contribution < -0.4 is 5.32 Å². The fourth-order valence-electron chi connectivity index (χ4n) is 2.12. The second kappa shape index (κ2) is 5.70. The highest BCUT2D eigenvalue weighted by Gasteiger charge is 2.16. The van der Waals surface area contributed by atoms with Crippen LogP contribution in [0.4, 0.5) is 4.79 Å². The molecule has 0 unspecified atom stereocenters. The van der Waals surface area contributed by atoms with Gasteiger partial charge in [0.15, 0.2) is 0 Å². The van der Waals surface area contributed by atoms with E-state index in [1.165, 1.54) is 0 Å². The summed E-state index contributed by atoms with van der Waals surface area (Å²) in [6, 6.07) is 0.0878. The lowest BCUT2D eigenvalue weighted by Gasteiger charge is -2.16. The molecule has 1 aromatic rings. The number of nitrogens with zero attached hydrogens (tertiary/aromatic N) is 3. The summed E-state index contributed by atoms with van der Waals surface area (Å²) in [7, 11) is 0. The topological polar surface area (TPSA) is 50.2 Å². The molecule has 1 aliphatic heterocycles. The van der Waals surface area contributed by atoms with Crippen molar-refractivity contribution >= 4 is 6.03 Å². The molecule has 0 atom stereocenters. The first kappa shape index (κ1) is 12.0. The highest BCUT2D eigenvalue weighted by Crippen LogP contribution is 2.06. The fraction of sp³-hybridized carbons (Fsp3) is 0.667. The van der Waals surface area contributed by atoms with Gasteiger partial charge in [0.05, 0.1) is 0 Å². The first-order chi connectivity index (χ1) is 8.27. The zero-order valence-corrected chi connectivity index (χ0v) is 10.4. The van der Waals surface area contributed by atoms with Crippen molar-refractivity contribution in [1.29, 1.82) is 0 Å². The molecule has 1 fully saturated rings. The molecule has 0 radical (unpaired) electrons. The van der Waals surface area contributed by atoms with Crippen LogP contribution in [0.2, 0.25) is 0 Å². The molecule has 1 aliphatic rings. The monoisotopic (exact) mass is 236 g/mol. The standard InChI is InChI=1S/C12H20N4O/c1-11-13-6-10-15(11)9-4-5-14-12(17)16-7-2-3-8-16/h6,10H,2-5,7-9H2,1H3,(H,14,17). The highest BCUT2D eigenvalue weighted by molar-refractivity contribution is 5.74. The van der Waals surface area contributed by atoms with Crippen LogP contribution in [0.15, 0.2) is 12.4 Å². The Morgan fingerprint density at radius 2 is 2.24 bits per heavy atom. The lowest BCUT2D eigenvalue weighted by molar-refractivity contribution is 0.208. The van der Waals surface area contributed by atoms with Gasteiger partial charge in [0, 0.05) is 38.6 Å². The van der Waals surface area contributed by atoms with E-state index in [9.17, 15) is 4.79 Å². The summed E-state index contributed by atoms with van der Waals surface area (Å²) in [5, 5.41) is 2.96. The van der Waals surface area contributed by atoms with Crippen molar-refractivity contribution in [2.24, 2.45) is 0 Å². The second-order valence-corrected chi connectivity index (χ2v) is 4.45. The predicted octanol–water partition coefficient (Wildman–Crippen LogP) is 1.39. The third-order valence-corrected chi connectivity index (χ3v) is 3.17. The molecular weight excluding hydrogens is 216 g/mol. The molecule has 0 saturated carbocycles. The number of urea groups is 1. The van der Waals surface area contributed by atoms with Crippen molar-refractivity contribution in [2.75, 3.05) is 19.6 Å². The third-order valence-electron chi connectivity index (χ3n) is 3.17. The van der Waals surface area contributed by atoms with Gasteiger partial charge < -0.3 is 14.8 Å². The molecule has 94 valence electrons. The number of hydrogen-bond donors (Lipinski definition) is 1. The zero-order valence-electron chi connectivity index (χ0n) is 10.4. The van der Waals surface area contributed by atoms with Crippen molar-refractivity contribution in [3.63, 3.8) is 0 Å². The van der Waals surface area contributed by atoms with Gasteiger partial charge in [-0.2, -0.15) is 0 Å². The number of aryl methyl sites for hydroxylation is 2. The Labute approximate surface area is 102 Å². The van der Waals surface area contributed by atoms with Crippen molar-refractivity contribution in [2.45, 2.75) is 32.7 Å². The third kappa shape index (κ3) is 3.22. The number of carbonyl (C=O) groups is 1. The van der Waals surface area contributed by atoms with Crippen molar-refractivity contribution in [1.82, 2.24) is 19.8 Å². The van der Waals surface area contributed by atoms with Crippen molar-refractivity contribution in [3.8, 4) is 0 Å². The van der Waals surface area contributed by atoms with E-state index < -0.39 is 0 Å². The molecule has 1 N–H and O–H groups in total. The van der Waals surface area contributed by atoms with Crippen LogP contribution in [-0.4, -0.2) is 40.1 Å². The van der Waals surface area contributed by atoms with Crippen LogP contribution in [0.25, 0.3) is 0 Å². The number of carbonyl (C=O) groups excluding carboxylic acids is 1. The number of hydrogen-bond acceptors (Lipinski definition) is 2. The molecule has 0 spiro atoms. The molecule has 0 aliphatic carbocycles. The van der Waals surface area contributed by atoms with Crippen LogP contribution in [-0.2, 0) is 6.54 Å². The maximum Gasteiger partial charge on any atom is 0.317 e. The Morgan fingerprint density at radius 1 is 1.47 bits per heavy atom. The molecule has 17 heavy (non-hydrogen) atoms. The normalized spacial score (nSPS) is 15.2. The number of amides is 2. The number of rotatable bonds is 4. The Hall–Kier alpha value is -1.52. The molecule has 5 heteroatoms. The van der Waals surface area contributed by atoms with E-state index in [4.69, 9.17) is 0 Å². The Morgan fingerprint density at radius 3 is 2.88 bits per heavy atom. The van der Waals surface area contributed by atoms with Crippen LogP contribution in [0, 0.1) is 6.92 Å². The van der Waals surface area contributed by atoms with Crippen molar-refractivity contribution in [3.05, 3.63) is 18.2 Å². The van der Waals surface area contributed by atoms with Gasteiger partial charge in [0.1, 0.15) is 5.82 Å². The van der Waals surface area contributed by atoms with Gasteiger partial charge in [-0.05, 0) is 26.2 Å². The quantitative estimate of drug-likeness (QED) is 0.803. The summed E-state index contributed by atoms with van der Waals surface area (Å²) in [6.45, 7) is 5.45. The number of aromatic nitrogens is 2. The lowest BCUT2D eigenvalue weighted by atomic mass is 10.4. The van der Waals surface area contributed by atoms with Gasteiger partial charge in [-0.3, -0.25) is 0 Å². The van der Waals surface area contributed by atoms with Crippen LogP contribution in [0.3, 0.4) is 0 Å². The molecule has 2 amide bonds. The molecule has 2 rings (SSSR count). The summed E-state index contributed by atoms with van der Waals surface area (Å²) in [5.74, 6) is 1.02. The summed E-state index contributed by atoms with van der Waals surface area (Å²) < 4.78 is 2.10. The number of imidazole rings is 1. The van der Waals surface area contributed by atoms with Crippen LogP contribution >= 0.6 is 0 Å². The van der Waals surface area contributed by atoms with E-state index in [1.54, 1.807) is 6.20 Å².